The van der Waals surface area contributed by atoms with Crippen LogP contribution in [0.25, 0.3) is 0 Å². The van der Waals surface area contributed by atoms with Crippen molar-refractivity contribution in [1.29, 1.82) is 0 Å². The van der Waals surface area contributed by atoms with Crippen LogP contribution in [0.15, 0.2) is 0 Å². The fourth-order valence-corrected chi connectivity index (χ4v) is 0.755. The molecule has 0 aliphatic carbocycles. The number of hydrogen-bond acceptors (Lipinski definition) is 3. The molecule has 0 rings (SSSR count). The van der Waals surface area contributed by atoms with Crippen molar-refractivity contribution in [2.24, 2.45) is 0 Å². The van der Waals surface area contributed by atoms with Crippen molar-refractivity contribution >= 4 is 11.9 Å². The van der Waals surface area contributed by atoms with Crippen LogP contribution < -0.4 is 5.32 Å². The summed E-state index contributed by atoms with van der Waals surface area (Å²) < 4.78 is 27.9. The Bertz CT molecular complexity index is 197. The highest BCUT2D eigenvalue weighted by molar-refractivity contribution is 5.79. The first-order chi connectivity index (χ1) is 6.57. The van der Waals surface area contributed by atoms with E-state index in [2.05, 4.69) is 4.74 Å². The summed E-state index contributed by atoms with van der Waals surface area (Å²) >= 11 is 0. The molecule has 6 heteroatoms. The molecule has 0 radical (unpaired) electrons. The first-order valence-electron chi connectivity index (χ1n) is 4.29. The number of rotatable bonds is 6. The first-order valence-corrected chi connectivity index (χ1v) is 4.29. The van der Waals surface area contributed by atoms with Crippen LogP contribution in [0.2, 0.25) is 0 Å². The fourth-order valence-electron chi connectivity index (χ4n) is 0.755. The molecule has 0 atom stereocenters. The summed E-state index contributed by atoms with van der Waals surface area (Å²) in [7, 11) is 0. The van der Waals surface area contributed by atoms with Crippen molar-refractivity contribution < 1.29 is 23.1 Å². The van der Waals surface area contributed by atoms with E-state index in [-0.39, 0.29) is 13.0 Å². The molecule has 1 amide bonds. The van der Waals surface area contributed by atoms with Gasteiger partial charge in [-0.3, -0.25) is 9.59 Å². The highest BCUT2D eigenvalue weighted by atomic mass is 19.3. The summed E-state index contributed by atoms with van der Waals surface area (Å²) in [6.07, 6.45) is -2.58. The Hall–Kier alpha value is -1.20. The zero-order valence-corrected chi connectivity index (χ0v) is 7.89. The molecule has 14 heavy (non-hydrogen) atoms. The summed E-state index contributed by atoms with van der Waals surface area (Å²) in [6.45, 7) is 2.03. The number of amides is 1. The summed E-state index contributed by atoms with van der Waals surface area (Å²) in [5, 5.41) is 1.98. The monoisotopic (exact) mass is 209 g/mol. The van der Waals surface area contributed by atoms with Gasteiger partial charge >= 0.3 is 12.4 Å². The summed E-state index contributed by atoms with van der Waals surface area (Å²) in [4.78, 5) is 21.1. The molecule has 0 aromatic carbocycles. The van der Waals surface area contributed by atoms with Gasteiger partial charge < -0.3 is 10.1 Å². The molecule has 0 fully saturated rings. The highest BCUT2D eigenvalue weighted by Gasteiger charge is 2.13. The quantitative estimate of drug-likeness (QED) is 0.517. The van der Waals surface area contributed by atoms with E-state index in [1.807, 2.05) is 5.32 Å². The maximum absolute atomic E-state index is 11.6. The van der Waals surface area contributed by atoms with Crippen molar-refractivity contribution in [2.45, 2.75) is 26.2 Å². The van der Waals surface area contributed by atoms with Crippen LogP contribution in [-0.4, -0.2) is 31.5 Å². The van der Waals surface area contributed by atoms with Crippen LogP contribution in [-0.2, 0) is 14.3 Å². The lowest BCUT2D eigenvalue weighted by Gasteiger charge is -2.03. The number of esters is 1. The normalized spacial score (nSPS) is 10.0. The predicted molar refractivity (Wildman–Crippen MR) is 44.9 cm³/mol. The number of carbonyl (C=O) groups is 2. The maximum atomic E-state index is 11.6. The Morgan fingerprint density at radius 1 is 1.43 bits per heavy atom. The van der Waals surface area contributed by atoms with Crippen molar-refractivity contribution in [3.8, 4) is 0 Å². The number of carbonyl (C=O) groups excluding carboxylic acids is 2. The van der Waals surface area contributed by atoms with Crippen LogP contribution in [0.5, 0.6) is 0 Å². The van der Waals surface area contributed by atoms with Crippen molar-refractivity contribution in [1.82, 2.24) is 5.32 Å². The van der Waals surface area contributed by atoms with E-state index in [4.69, 9.17) is 0 Å². The number of alkyl halides is 2. The van der Waals surface area contributed by atoms with Gasteiger partial charge in [0.2, 0.25) is 0 Å². The molecule has 0 bridgehead atoms. The molecule has 0 spiro atoms. The average molecular weight is 209 g/mol. The fraction of sp³-hybridized carbons (Fsp3) is 0.750. The zero-order valence-electron chi connectivity index (χ0n) is 7.89. The van der Waals surface area contributed by atoms with Crippen LogP contribution in [0.1, 0.15) is 19.8 Å². The Kier molecular flexibility index (Phi) is 6.61. The Morgan fingerprint density at radius 3 is 2.57 bits per heavy atom. The molecule has 1 N–H and O–H groups in total. The molecular weight excluding hydrogens is 196 g/mol. The molecule has 0 aliphatic heterocycles. The van der Waals surface area contributed by atoms with Gasteiger partial charge in [0, 0.05) is 13.0 Å². The van der Waals surface area contributed by atoms with Crippen LogP contribution in [0, 0.1) is 0 Å². The van der Waals surface area contributed by atoms with E-state index in [1.54, 1.807) is 6.92 Å². The Balaban J connectivity index is 3.38. The van der Waals surface area contributed by atoms with E-state index >= 15 is 0 Å². The lowest BCUT2D eigenvalue weighted by atomic mass is 10.3. The van der Waals surface area contributed by atoms with Crippen LogP contribution in [0.3, 0.4) is 0 Å². The number of hydrogen-bond donors (Lipinski definition) is 1. The molecule has 0 unspecified atom stereocenters. The van der Waals surface area contributed by atoms with Crippen molar-refractivity contribution in [3.63, 3.8) is 0 Å². The molecule has 0 saturated carbocycles. The minimum Gasteiger partial charge on any atom is -0.466 e. The second-order valence-corrected chi connectivity index (χ2v) is 2.50. The number of ether oxygens (including phenoxy) is 1. The second kappa shape index (κ2) is 7.23. The first kappa shape index (κ1) is 12.8. The van der Waals surface area contributed by atoms with Gasteiger partial charge in [-0.15, -0.1) is 0 Å². The third kappa shape index (κ3) is 6.33. The van der Waals surface area contributed by atoms with Gasteiger partial charge in [0.05, 0.1) is 6.61 Å². The van der Waals surface area contributed by atoms with E-state index in [0.717, 1.165) is 0 Å². The van der Waals surface area contributed by atoms with Gasteiger partial charge in [0.15, 0.2) is 0 Å². The zero-order chi connectivity index (χ0) is 11.0. The number of nitrogens with one attached hydrogen (secondary N) is 1. The molecule has 0 aromatic heterocycles. The molecule has 0 saturated heterocycles. The third-order valence-electron chi connectivity index (χ3n) is 1.36. The molecule has 0 aliphatic rings. The smallest absolute Gasteiger partial charge is 0.315 e. The molecule has 0 heterocycles. The molecule has 0 aromatic rings. The van der Waals surface area contributed by atoms with Gasteiger partial charge in [-0.2, -0.15) is 8.78 Å². The lowest BCUT2D eigenvalue weighted by molar-refractivity contribution is -0.143. The van der Waals surface area contributed by atoms with E-state index in [9.17, 15) is 18.4 Å². The second-order valence-electron chi connectivity index (χ2n) is 2.50. The lowest BCUT2D eigenvalue weighted by Crippen LogP contribution is -2.30. The summed E-state index contributed by atoms with van der Waals surface area (Å²) in [6, 6.07) is 0. The molecule has 4 nitrogen and oxygen atoms in total. The minimum atomic E-state index is -3.00. The van der Waals surface area contributed by atoms with Crippen molar-refractivity contribution in [3.05, 3.63) is 0 Å². The summed E-state index contributed by atoms with van der Waals surface area (Å²) in [5.74, 6) is -1.70. The Labute approximate surface area is 80.6 Å². The van der Waals surface area contributed by atoms with E-state index < -0.39 is 18.3 Å². The maximum Gasteiger partial charge on any atom is 0.315 e. The molecule has 82 valence electrons. The average Bonchev–Trinajstić information content (AvgIpc) is 2.12. The minimum absolute atomic E-state index is 0.0575. The largest absolute Gasteiger partial charge is 0.466 e. The highest BCUT2D eigenvalue weighted by Crippen LogP contribution is 1.94. The third-order valence-corrected chi connectivity index (χ3v) is 1.36. The SMILES string of the molecule is CCOC(=O)CCCNC(=O)C(F)F. The predicted octanol–water partition coefficient (Wildman–Crippen LogP) is 0.711. The summed E-state index contributed by atoms with van der Waals surface area (Å²) in [5.41, 5.74) is 0. The van der Waals surface area contributed by atoms with Gasteiger partial charge in [0.1, 0.15) is 0 Å². The van der Waals surface area contributed by atoms with Crippen LogP contribution >= 0.6 is 0 Å². The van der Waals surface area contributed by atoms with Crippen molar-refractivity contribution in [2.75, 3.05) is 13.2 Å². The standard InChI is InChI=1S/C8H13F2NO3/c1-2-14-6(12)4-3-5-11-8(13)7(9)10/h7H,2-5H2,1H3,(H,11,13). The number of halogens is 2. The van der Waals surface area contributed by atoms with Gasteiger partial charge in [-0.1, -0.05) is 0 Å². The van der Waals surface area contributed by atoms with Gasteiger partial charge in [-0.05, 0) is 13.3 Å². The van der Waals surface area contributed by atoms with E-state index in [1.165, 1.54) is 0 Å². The molecular formula is C8H13F2NO3. The topological polar surface area (TPSA) is 55.4 Å². The van der Waals surface area contributed by atoms with Gasteiger partial charge in [-0.25, -0.2) is 0 Å². The van der Waals surface area contributed by atoms with Gasteiger partial charge in [0.25, 0.3) is 5.91 Å². The van der Waals surface area contributed by atoms with E-state index in [0.29, 0.717) is 13.0 Å². The van der Waals surface area contributed by atoms with Crippen LogP contribution in [0.4, 0.5) is 8.78 Å². The Morgan fingerprint density at radius 2 is 2.07 bits per heavy atom.